The van der Waals surface area contributed by atoms with Crippen LogP contribution >= 0.6 is 11.6 Å². The highest BCUT2D eigenvalue weighted by molar-refractivity contribution is 6.30. The molecule has 6 heteroatoms. The van der Waals surface area contributed by atoms with Gasteiger partial charge in [0, 0.05) is 23.4 Å². The first-order valence-electron chi connectivity index (χ1n) is 6.72. The molecule has 118 valence electrons. The number of benzene rings is 1. The van der Waals surface area contributed by atoms with Crippen molar-refractivity contribution in [3.8, 4) is 17.2 Å². The van der Waals surface area contributed by atoms with Gasteiger partial charge in [-0.1, -0.05) is 11.6 Å². The fourth-order valence-electron chi connectivity index (χ4n) is 1.85. The minimum absolute atomic E-state index is 0.129. The molecule has 0 radical (unpaired) electrons. The summed E-state index contributed by atoms with van der Waals surface area (Å²) in [5.74, 6) is 0.971. The molecule has 0 bridgehead atoms. The largest absolute Gasteiger partial charge is 0.493 e. The second kappa shape index (κ2) is 6.42. The number of pyridine rings is 1. The van der Waals surface area contributed by atoms with Crippen LogP contribution in [0.3, 0.4) is 0 Å². The number of nitrogens with zero attached hydrogens (tertiary/aromatic N) is 1. The summed E-state index contributed by atoms with van der Waals surface area (Å²) in [4.78, 5) is 12.0. The van der Waals surface area contributed by atoms with Gasteiger partial charge in [-0.05, 0) is 32.0 Å². The van der Waals surface area contributed by atoms with Gasteiger partial charge in [-0.15, -0.1) is 0 Å². The molecule has 0 saturated carbocycles. The minimum Gasteiger partial charge on any atom is -0.493 e. The maximum absolute atomic E-state index is 12.0. The SMILES string of the molecule is COc1cc(-n2ccc(Cl)cc2=O)ccc1OCC(C)(C)O. The number of ether oxygens (including phenoxy) is 2. The Kier molecular flexibility index (Phi) is 4.78. The van der Waals surface area contributed by atoms with Gasteiger partial charge in [-0.3, -0.25) is 9.36 Å². The lowest BCUT2D eigenvalue weighted by molar-refractivity contribution is 0.0276. The molecule has 0 saturated heterocycles. The van der Waals surface area contributed by atoms with E-state index in [1.54, 1.807) is 44.3 Å². The smallest absolute Gasteiger partial charge is 0.256 e. The molecule has 1 N–H and O–H groups in total. The standard InChI is InChI=1S/C16H18ClNO4/c1-16(2,20)10-22-13-5-4-12(9-14(13)21-3)18-7-6-11(17)8-15(18)19/h4-9,20H,10H2,1-3H3. The zero-order valence-corrected chi connectivity index (χ0v) is 13.4. The third-order valence-electron chi connectivity index (χ3n) is 2.89. The fourth-order valence-corrected chi connectivity index (χ4v) is 2.00. The van der Waals surface area contributed by atoms with Gasteiger partial charge in [0.25, 0.3) is 5.56 Å². The lowest BCUT2D eigenvalue weighted by Crippen LogP contribution is -2.28. The molecule has 0 aliphatic carbocycles. The Bertz CT molecular complexity index is 719. The molecule has 0 unspecified atom stereocenters. The lowest BCUT2D eigenvalue weighted by atomic mass is 10.2. The molecule has 22 heavy (non-hydrogen) atoms. The number of halogens is 1. The average Bonchev–Trinajstić information content (AvgIpc) is 2.44. The van der Waals surface area contributed by atoms with Crippen molar-refractivity contribution in [3.05, 3.63) is 51.9 Å². The van der Waals surface area contributed by atoms with Gasteiger partial charge in [0.1, 0.15) is 6.61 Å². The van der Waals surface area contributed by atoms with Gasteiger partial charge in [-0.2, -0.15) is 0 Å². The monoisotopic (exact) mass is 323 g/mol. The van der Waals surface area contributed by atoms with Gasteiger partial charge in [0.05, 0.1) is 18.4 Å². The van der Waals surface area contributed by atoms with E-state index >= 15 is 0 Å². The van der Waals surface area contributed by atoms with Crippen LogP contribution in [0, 0.1) is 0 Å². The second-order valence-corrected chi connectivity index (χ2v) is 5.93. The Balaban J connectivity index is 2.34. The molecular weight excluding hydrogens is 306 g/mol. The van der Waals surface area contributed by atoms with Crippen LogP contribution in [-0.2, 0) is 0 Å². The predicted molar refractivity (Wildman–Crippen MR) is 85.4 cm³/mol. The summed E-state index contributed by atoms with van der Waals surface area (Å²) in [5.41, 5.74) is -0.551. The molecule has 5 nitrogen and oxygen atoms in total. The Morgan fingerprint density at radius 2 is 1.95 bits per heavy atom. The van der Waals surface area contributed by atoms with Crippen molar-refractivity contribution in [3.63, 3.8) is 0 Å². The third-order valence-corrected chi connectivity index (χ3v) is 3.12. The Hall–Kier alpha value is -1.98. The summed E-state index contributed by atoms with van der Waals surface area (Å²) < 4.78 is 12.3. The maximum Gasteiger partial charge on any atom is 0.256 e. The Morgan fingerprint density at radius 3 is 2.55 bits per heavy atom. The first-order chi connectivity index (χ1) is 10.3. The van der Waals surface area contributed by atoms with E-state index in [9.17, 15) is 9.90 Å². The van der Waals surface area contributed by atoms with Crippen LogP contribution in [0.5, 0.6) is 11.5 Å². The number of aliphatic hydroxyl groups is 1. The molecule has 1 heterocycles. The molecule has 1 aromatic carbocycles. The number of aromatic nitrogens is 1. The summed E-state index contributed by atoms with van der Waals surface area (Å²) in [6.45, 7) is 3.44. The summed E-state index contributed by atoms with van der Waals surface area (Å²) in [6.07, 6.45) is 1.59. The predicted octanol–water partition coefficient (Wildman–Crippen LogP) is 2.65. The molecule has 2 aromatic rings. The van der Waals surface area contributed by atoms with Gasteiger partial charge >= 0.3 is 0 Å². The second-order valence-electron chi connectivity index (χ2n) is 5.49. The maximum atomic E-state index is 12.0. The Labute approximate surface area is 133 Å². The molecule has 0 amide bonds. The van der Waals surface area contributed by atoms with Crippen LogP contribution in [0.1, 0.15) is 13.8 Å². The highest BCUT2D eigenvalue weighted by Gasteiger charge is 2.15. The van der Waals surface area contributed by atoms with Crippen molar-refractivity contribution < 1.29 is 14.6 Å². The van der Waals surface area contributed by atoms with E-state index in [1.807, 2.05) is 0 Å². The van der Waals surface area contributed by atoms with Crippen LogP contribution in [0.4, 0.5) is 0 Å². The van der Waals surface area contributed by atoms with E-state index in [0.717, 1.165) is 0 Å². The minimum atomic E-state index is -0.948. The quantitative estimate of drug-likeness (QED) is 0.919. The van der Waals surface area contributed by atoms with Gasteiger partial charge in [-0.25, -0.2) is 0 Å². The summed E-state index contributed by atoms with van der Waals surface area (Å²) >= 11 is 5.79. The lowest BCUT2D eigenvalue weighted by Gasteiger charge is -2.19. The van der Waals surface area contributed by atoms with Crippen molar-refractivity contribution in [2.45, 2.75) is 19.4 Å². The fraction of sp³-hybridized carbons (Fsp3) is 0.312. The van der Waals surface area contributed by atoms with Crippen molar-refractivity contribution in [1.29, 1.82) is 0 Å². The van der Waals surface area contributed by atoms with Crippen LogP contribution in [0.25, 0.3) is 5.69 Å². The van der Waals surface area contributed by atoms with E-state index in [4.69, 9.17) is 21.1 Å². The van der Waals surface area contributed by atoms with Gasteiger partial charge < -0.3 is 14.6 Å². The molecule has 2 rings (SSSR count). The van der Waals surface area contributed by atoms with Crippen molar-refractivity contribution in [2.24, 2.45) is 0 Å². The molecule has 0 atom stereocenters. The van der Waals surface area contributed by atoms with Gasteiger partial charge in [0.2, 0.25) is 0 Å². The topological polar surface area (TPSA) is 60.7 Å². The molecule has 0 spiro atoms. The molecule has 1 aromatic heterocycles. The zero-order chi connectivity index (χ0) is 16.3. The first kappa shape index (κ1) is 16.4. The summed E-state index contributed by atoms with van der Waals surface area (Å²) in [6, 6.07) is 8.09. The van der Waals surface area contributed by atoms with Crippen molar-refractivity contribution in [1.82, 2.24) is 4.57 Å². The summed E-state index contributed by atoms with van der Waals surface area (Å²) in [7, 11) is 1.51. The van der Waals surface area contributed by atoms with Gasteiger partial charge in [0.15, 0.2) is 11.5 Å². The molecular formula is C16H18ClNO4. The average molecular weight is 324 g/mol. The van der Waals surface area contributed by atoms with Crippen LogP contribution in [0.15, 0.2) is 41.3 Å². The number of rotatable bonds is 5. The van der Waals surface area contributed by atoms with E-state index in [2.05, 4.69) is 0 Å². The Morgan fingerprint density at radius 1 is 1.23 bits per heavy atom. The molecule has 0 aliphatic rings. The number of hydrogen-bond acceptors (Lipinski definition) is 4. The zero-order valence-electron chi connectivity index (χ0n) is 12.7. The number of hydrogen-bond donors (Lipinski definition) is 1. The van der Waals surface area contributed by atoms with Crippen LogP contribution in [-0.4, -0.2) is 29.0 Å². The van der Waals surface area contributed by atoms with Crippen molar-refractivity contribution >= 4 is 11.6 Å². The third kappa shape index (κ3) is 4.02. The normalized spacial score (nSPS) is 11.3. The first-order valence-corrected chi connectivity index (χ1v) is 7.10. The summed E-state index contributed by atoms with van der Waals surface area (Å²) in [5, 5.41) is 10.1. The van der Waals surface area contributed by atoms with E-state index in [1.165, 1.54) is 17.7 Å². The van der Waals surface area contributed by atoms with E-state index in [-0.39, 0.29) is 12.2 Å². The van der Waals surface area contributed by atoms with Crippen LogP contribution in [0.2, 0.25) is 5.02 Å². The van der Waals surface area contributed by atoms with Crippen LogP contribution < -0.4 is 15.0 Å². The van der Waals surface area contributed by atoms with E-state index < -0.39 is 5.60 Å². The highest BCUT2D eigenvalue weighted by Crippen LogP contribution is 2.29. The highest BCUT2D eigenvalue weighted by atomic mass is 35.5. The molecule has 0 aliphatic heterocycles. The van der Waals surface area contributed by atoms with E-state index in [0.29, 0.717) is 22.2 Å². The molecule has 0 fully saturated rings. The van der Waals surface area contributed by atoms with Crippen molar-refractivity contribution in [2.75, 3.05) is 13.7 Å². The number of methoxy groups -OCH3 is 1.